The zero-order valence-corrected chi connectivity index (χ0v) is 8.51. The minimum atomic E-state index is -0.0105. The summed E-state index contributed by atoms with van der Waals surface area (Å²) in [6.07, 6.45) is 1.80. The molecule has 0 saturated heterocycles. The van der Waals surface area contributed by atoms with E-state index in [2.05, 4.69) is 4.72 Å². The molecule has 1 aliphatic rings. The van der Waals surface area contributed by atoms with Crippen molar-refractivity contribution in [3.8, 4) is 0 Å². The SMILES string of the molecule is O=c1c2c(oc3ccccc13)C=CSN2. The molecule has 4 heteroatoms. The zero-order chi connectivity index (χ0) is 10.3. The lowest BCUT2D eigenvalue weighted by Crippen LogP contribution is -2.10. The third-order valence-electron chi connectivity index (χ3n) is 2.27. The minimum Gasteiger partial charge on any atom is -0.454 e. The molecular weight excluding hydrogens is 210 g/mol. The Labute approximate surface area is 89.9 Å². The van der Waals surface area contributed by atoms with E-state index in [9.17, 15) is 4.79 Å². The molecule has 3 rings (SSSR count). The molecule has 0 spiro atoms. The van der Waals surface area contributed by atoms with E-state index in [1.807, 2.05) is 17.5 Å². The Morgan fingerprint density at radius 1 is 1.27 bits per heavy atom. The highest BCUT2D eigenvalue weighted by Gasteiger charge is 2.13. The summed E-state index contributed by atoms with van der Waals surface area (Å²) in [5.41, 5.74) is 1.14. The van der Waals surface area contributed by atoms with E-state index in [4.69, 9.17) is 4.42 Å². The van der Waals surface area contributed by atoms with Gasteiger partial charge in [-0.15, -0.1) is 0 Å². The van der Waals surface area contributed by atoms with Crippen LogP contribution in [0.1, 0.15) is 5.76 Å². The van der Waals surface area contributed by atoms with Gasteiger partial charge in [0.1, 0.15) is 11.3 Å². The van der Waals surface area contributed by atoms with Gasteiger partial charge >= 0.3 is 0 Å². The Morgan fingerprint density at radius 3 is 3.07 bits per heavy atom. The summed E-state index contributed by atoms with van der Waals surface area (Å²) in [6, 6.07) is 7.25. The summed E-state index contributed by atoms with van der Waals surface area (Å²) in [5, 5.41) is 2.46. The summed E-state index contributed by atoms with van der Waals surface area (Å²) >= 11 is 1.37. The molecular formula is C11H7NO2S. The smallest absolute Gasteiger partial charge is 0.217 e. The van der Waals surface area contributed by atoms with Gasteiger partial charge in [-0.1, -0.05) is 12.1 Å². The first kappa shape index (κ1) is 8.61. The van der Waals surface area contributed by atoms with Crippen molar-refractivity contribution in [3.05, 3.63) is 45.7 Å². The van der Waals surface area contributed by atoms with Gasteiger partial charge in [0.15, 0.2) is 5.76 Å². The van der Waals surface area contributed by atoms with Gasteiger partial charge in [-0.05, 0) is 35.6 Å². The van der Waals surface area contributed by atoms with Gasteiger partial charge in [-0.25, -0.2) is 0 Å². The average Bonchev–Trinajstić information content (AvgIpc) is 2.30. The van der Waals surface area contributed by atoms with Crippen LogP contribution >= 0.6 is 11.9 Å². The average molecular weight is 217 g/mol. The summed E-state index contributed by atoms with van der Waals surface area (Å²) in [4.78, 5) is 12.0. The molecule has 0 bridgehead atoms. The Morgan fingerprint density at radius 2 is 2.13 bits per heavy atom. The van der Waals surface area contributed by atoms with E-state index in [-0.39, 0.29) is 5.43 Å². The Kier molecular flexibility index (Phi) is 1.82. The summed E-state index contributed by atoms with van der Waals surface area (Å²) in [7, 11) is 0. The van der Waals surface area contributed by atoms with Crippen LogP contribution in [0.4, 0.5) is 5.69 Å². The first-order chi connectivity index (χ1) is 7.36. The van der Waals surface area contributed by atoms with Crippen LogP contribution in [-0.4, -0.2) is 0 Å². The first-order valence-corrected chi connectivity index (χ1v) is 5.38. The number of rotatable bonds is 0. The fourth-order valence-corrected chi connectivity index (χ4v) is 2.13. The molecule has 2 heterocycles. The lowest BCUT2D eigenvalue weighted by molar-refractivity contribution is 0.593. The number of hydrogen-bond donors (Lipinski definition) is 1. The Bertz CT molecular complexity index is 616. The lowest BCUT2D eigenvalue weighted by Gasteiger charge is -2.10. The number of fused-ring (bicyclic) bond motifs is 2. The van der Waals surface area contributed by atoms with Crippen molar-refractivity contribution in [1.29, 1.82) is 0 Å². The van der Waals surface area contributed by atoms with Gasteiger partial charge in [0, 0.05) is 0 Å². The van der Waals surface area contributed by atoms with Gasteiger partial charge in [0.25, 0.3) is 0 Å². The maximum absolute atomic E-state index is 12.0. The maximum atomic E-state index is 12.0. The second-order valence-corrected chi connectivity index (χ2v) is 3.90. The van der Waals surface area contributed by atoms with E-state index in [0.29, 0.717) is 22.4 Å². The van der Waals surface area contributed by atoms with E-state index < -0.39 is 0 Å². The molecule has 0 aliphatic carbocycles. The largest absolute Gasteiger partial charge is 0.454 e. The van der Waals surface area contributed by atoms with E-state index in [1.165, 1.54) is 11.9 Å². The normalized spacial score (nSPS) is 13.6. The highest BCUT2D eigenvalue weighted by molar-refractivity contribution is 8.03. The number of hydrogen-bond acceptors (Lipinski definition) is 4. The zero-order valence-electron chi connectivity index (χ0n) is 7.69. The Hall–Kier alpha value is -1.68. The topological polar surface area (TPSA) is 42.2 Å². The molecule has 15 heavy (non-hydrogen) atoms. The summed E-state index contributed by atoms with van der Waals surface area (Å²) in [5.74, 6) is 0.595. The second kappa shape index (κ2) is 3.17. The van der Waals surface area contributed by atoms with E-state index in [1.54, 1.807) is 18.2 Å². The van der Waals surface area contributed by atoms with Crippen LogP contribution in [0.5, 0.6) is 0 Å². The number of para-hydroxylation sites is 1. The molecule has 0 atom stereocenters. The van der Waals surface area contributed by atoms with Gasteiger partial charge < -0.3 is 9.14 Å². The van der Waals surface area contributed by atoms with Crippen LogP contribution < -0.4 is 10.2 Å². The molecule has 2 aromatic rings. The van der Waals surface area contributed by atoms with Crippen LogP contribution in [0.2, 0.25) is 0 Å². The summed E-state index contributed by atoms with van der Waals surface area (Å²) < 4.78 is 8.55. The van der Waals surface area contributed by atoms with Crippen LogP contribution in [0, 0.1) is 0 Å². The second-order valence-electron chi connectivity index (χ2n) is 3.19. The minimum absolute atomic E-state index is 0.0105. The van der Waals surface area contributed by atoms with Gasteiger partial charge in [-0.3, -0.25) is 4.79 Å². The maximum Gasteiger partial charge on any atom is 0.217 e. The summed E-state index contributed by atoms with van der Waals surface area (Å²) in [6.45, 7) is 0. The highest BCUT2D eigenvalue weighted by Crippen LogP contribution is 2.26. The molecule has 3 nitrogen and oxygen atoms in total. The van der Waals surface area contributed by atoms with Crippen molar-refractivity contribution in [2.45, 2.75) is 0 Å². The van der Waals surface area contributed by atoms with Crippen molar-refractivity contribution in [2.75, 3.05) is 4.72 Å². The van der Waals surface area contributed by atoms with Crippen molar-refractivity contribution in [1.82, 2.24) is 0 Å². The van der Waals surface area contributed by atoms with Crippen LogP contribution in [0.25, 0.3) is 17.0 Å². The predicted octanol–water partition coefficient (Wildman–Crippen LogP) is 2.84. The molecule has 1 aliphatic heterocycles. The van der Waals surface area contributed by atoms with Crippen molar-refractivity contribution < 1.29 is 4.42 Å². The molecule has 0 saturated carbocycles. The monoisotopic (exact) mass is 217 g/mol. The number of nitrogens with one attached hydrogen (secondary N) is 1. The molecule has 0 radical (unpaired) electrons. The van der Waals surface area contributed by atoms with Gasteiger partial charge in [-0.2, -0.15) is 0 Å². The quantitative estimate of drug-likeness (QED) is 0.689. The molecule has 0 unspecified atom stereocenters. The molecule has 1 aromatic heterocycles. The first-order valence-electron chi connectivity index (χ1n) is 4.50. The van der Waals surface area contributed by atoms with Crippen molar-refractivity contribution >= 4 is 34.7 Å². The number of benzene rings is 1. The fraction of sp³-hybridized carbons (Fsp3) is 0. The van der Waals surface area contributed by atoms with Crippen LogP contribution in [0.3, 0.4) is 0 Å². The fourth-order valence-electron chi connectivity index (χ4n) is 1.56. The third-order valence-corrected chi connectivity index (χ3v) is 2.87. The molecule has 0 amide bonds. The molecule has 0 fully saturated rings. The van der Waals surface area contributed by atoms with Crippen LogP contribution in [-0.2, 0) is 0 Å². The van der Waals surface area contributed by atoms with Crippen molar-refractivity contribution in [3.63, 3.8) is 0 Å². The van der Waals surface area contributed by atoms with Crippen LogP contribution in [0.15, 0.2) is 38.9 Å². The van der Waals surface area contributed by atoms with E-state index in [0.717, 1.165) is 0 Å². The molecule has 1 N–H and O–H groups in total. The van der Waals surface area contributed by atoms with E-state index >= 15 is 0 Å². The Balaban J connectivity index is 2.48. The van der Waals surface area contributed by atoms with Gasteiger partial charge in [0.2, 0.25) is 5.43 Å². The van der Waals surface area contributed by atoms with Crippen molar-refractivity contribution in [2.24, 2.45) is 0 Å². The predicted molar refractivity (Wildman–Crippen MR) is 62.7 cm³/mol. The molecule has 74 valence electrons. The van der Waals surface area contributed by atoms with Gasteiger partial charge in [0.05, 0.1) is 5.39 Å². The number of anilines is 1. The molecule has 1 aromatic carbocycles. The highest BCUT2D eigenvalue weighted by atomic mass is 32.2. The standard InChI is InChI=1S/C11H7NO2S/c13-11-7-3-1-2-4-8(7)14-9-5-6-15-12-10(9)11/h1-6,12H. The third kappa shape index (κ3) is 1.26. The lowest BCUT2D eigenvalue weighted by atomic mass is 10.2.